The Bertz CT molecular complexity index is 634. The van der Waals surface area contributed by atoms with Crippen molar-refractivity contribution in [3.63, 3.8) is 0 Å². The maximum atomic E-state index is 11.8. The number of urea groups is 1. The molecule has 0 unspecified atom stereocenters. The number of hydrogen-bond acceptors (Lipinski definition) is 4. The molecule has 1 fully saturated rings. The number of fused-ring (bicyclic) bond motifs is 1. The topological polar surface area (TPSA) is 84.5 Å². The first-order valence-corrected chi connectivity index (χ1v) is 9.31. The monoisotopic (exact) mass is 324 g/mol. The van der Waals surface area contributed by atoms with Gasteiger partial charge in [-0.1, -0.05) is 18.2 Å². The molecule has 2 heterocycles. The molecular weight excluding hydrogens is 304 g/mol. The van der Waals surface area contributed by atoms with E-state index < -0.39 is 9.84 Å². The predicted octanol–water partition coefficient (Wildman–Crippen LogP) is 0.724. The molecule has 2 aliphatic heterocycles. The molecule has 1 saturated heterocycles. The minimum atomic E-state index is -2.89. The van der Waals surface area contributed by atoms with Gasteiger partial charge in [-0.2, -0.15) is 0 Å². The number of rotatable bonds is 4. The van der Waals surface area contributed by atoms with Gasteiger partial charge < -0.3 is 15.4 Å². The number of sulfone groups is 1. The second-order valence-electron chi connectivity index (χ2n) is 5.91. The first-order valence-electron chi connectivity index (χ1n) is 7.48. The summed E-state index contributed by atoms with van der Waals surface area (Å²) >= 11 is 0. The number of benzene rings is 1. The maximum absolute atomic E-state index is 11.8. The van der Waals surface area contributed by atoms with Gasteiger partial charge in [-0.05, 0) is 24.0 Å². The van der Waals surface area contributed by atoms with E-state index in [4.69, 9.17) is 4.74 Å². The van der Waals surface area contributed by atoms with Gasteiger partial charge in [0.1, 0.15) is 11.9 Å². The standard InChI is InChI=1S/C15H20N2O4S/c18-15(16-8-11-5-6-22(19,20)10-11)17-9-13-7-12-3-1-2-4-14(12)21-13/h1-4,11,13H,5-10H2,(H2,16,17,18)/t11-,13+/m0/s1. The summed E-state index contributed by atoms with van der Waals surface area (Å²) in [7, 11) is -2.89. The molecule has 7 heteroatoms. The first-order chi connectivity index (χ1) is 10.5. The average molecular weight is 324 g/mol. The van der Waals surface area contributed by atoms with Crippen molar-refractivity contribution in [1.29, 1.82) is 0 Å². The molecule has 120 valence electrons. The summed E-state index contributed by atoms with van der Waals surface area (Å²) < 4.78 is 28.4. The molecule has 2 amide bonds. The summed E-state index contributed by atoms with van der Waals surface area (Å²) in [6.45, 7) is 0.834. The van der Waals surface area contributed by atoms with Gasteiger partial charge in [0.15, 0.2) is 9.84 Å². The highest BCUT2D eigenvalue weighted by Crippen LogP contribution is 2.27. The van der Waals surface area contributed by atoms with Crippen LogP contribution in [0.2, 0.25) is 0 Å². The molecule has 2 atom stereocenters. The predicted molar refractivity (Wildman–Crippen MR) is 82.7 cm³/mol. The van der Waals surface area contributed by atoms with Crippen molar-refractivity contribution in [3.8, 4) is 5.75 Å². The molecule has 0 saturated carbocycles. The van der Waals surface area contributed by atoms with Gasteiger partial charge in [0.2, 0.25) is 0 Å². The summed E-state index contributed by atoms with van der Waals surface area (Å²) in [5.41, 5.74) is 1.16. The van der Waals surface area contributed by atoms with E-state index >= 15 is 0 Å². The van der Waals surface area contributed by atoms with Crippen LogP contribution in [0.3, 0.4) is 0 Å². The van der Waals surface area contributed by atoms with Crippen molar-refractivity contribution < 1.29 is 17.9 Å². The van der Waals surface area contributed by atoms with Crippen molar-refractivity contribution in [2.75, 3.05) is 24.6 Å². The molecule has 0 bridgehead atoms. The van der Waals surface area contributed by atoms with Gasteiger partial charge in [0.05, 0.1) is 18.1 Å². The Labute approximate surface area is 130 Å². The summed E-state index contributed by atoms with van der Waals surface area (Å²) in [4.78, 5) is 11.8. The third kappa shape index (κ3) is 3.71. The van der Waals surface area contributed by atoms with Gasteiger partial charge in [0.25, 0.3) is 0 Å². The second-order valence-corrected chi connectivity index (χ2v) is 8.14. The molecule has 3 rings (SSSR count). The molecule has 1 aromatic carbocycles. The lowest BCUT2D eigenvalue weighted by Crippen LogP contribution is -2.42. The van der Waals surface area contributed by atoms with Gasteiger partial charge >= 0.3 is 6.03 Å². The molecule has 1 aromatic rings. The fraction of sp³-hybridized carbons (Fsp3) is 0.533. The Morgan fingerprint density at radius 3 is 2.73 bits per heavy atom. The Hall–Kier alpha value is -1.76. The summed E-state index contributed by atoms with van der Waals surface area (Å²) in [6.07, 6.45) is 1.37. The quantitative estimate of drug-likeness (QED) is 0.855. The van der Waals surface area contributed by atoms with E-state index in [2.05, 4.69) is 10.6 Å². The Kier molecular flexibility index (Phi) is 4.24. The van der Waals surface area contributed by atoms with Crippen LogP contribution in [0.5, 0.6) is 5.75 Å². The second kappa shape index (κ2) is 6.16. The van der Waals surface area contributed by atoms with Gasteiger partial charge in [-0.3, -0.25) is 0 Å². The Morgan fingerprint density at radius 2 is 2.00 bits per heavy atom. The number of ether oxygens (including phenoxy) is 1. The van der Waals surface area contributed by atoms with E-state index in [0.29, 0.717) is 19.5 Å². The van der Waals surface area contributed by atoms with E-state index in [1.165, 1.54) is 0 Å². The zero-order chi connectivity index (χ0) is 15.6. The van der Waals surface area contributed by atoms with Gasteiger partial charge in [-0.15, -0.1) is 0 Å². The molecular formula is C15H20N2O4S. The SMILES string of the molecule is O=C(NC[C@@H]1CCS(=O)(=O)C1)NC[C@H]1Cc2ccccc2O1. The highest BCUT2D eigenvalue weighted by atomic mass is 32.2. The molecule has 2 N–H and O–H groups in total. The van der Waals surface area contributed by atoms with E-state index in [1.807, 2.05) is 24.3 Å². The van der Waals surface area contributed by atoms with Crippen LogP contribution in [0.1, 0.15) is 12.0 Å². The first kappa shape index (κ1) is 15.1. The van der Waals surface area contributed by atoms with Crippen LogP contribution < -0.4 is 15.4 Å². The zero-order valence-corrected chi connectivity index (χ0v) is 13.1. The Balaban J connectivity index is 1.37. The Morgan fingerprint density at radius 1 is 1.23 bits per heavy atom. The van der Waals surface area contributed by atoms with E-state index in [0.717, 1.165) is 17.7 Å². The number of nitrogens with one attached hydrogen (secondary N) is 2. The van der Waals surface area contributed by atoms with Crippen LogP contribution in [0.25, 0.3) is 0 Å². The van der Waals surface area contributed by atoms with Crippen LogP contribution in [0.15, 0.2) is 24.3 Å². The van der Waals surface area contributed by atoms with Gasteiger partial charge in [0, 0.05) is 13.0 Å². The van der Waals surface area contributed by atoms with Crippen LogP contribution in [0, 0.1) is 5.92 Å². The van der Waals surface area contributed by atoms with Crippen LogP contribution in [-0.2, 0) is 16.3 Å². The molecule has 0 aromatic heterocycles. The molecule has 0 radical (unpaired) electrons. The molecule has 6 nitrogen and oxygen atoms in total. The van der Waals surface area contributed by atoms with Crippen molar-refractivity contribution in [2.24, 2.45) is 5.92 Å². The summed E-state index contributed by atoms with van der Waals surface area (Å²) in [5.74, 6) is 1.32. The third-order valence-electron chi connectivity index (χ3n) is 4.08. The van der Waals surface area contributed by atoms with E-state index in [-0.39, 0.29) is 29.6 Å². The van der Waals surface area contributed by atoms with Crippen molar-refractivity contribution >= 4 is 15.9 Å². The van der Waals surface area contributed by atoms with E-state index in [9.17, 15) is 13.2 Å². The van der Waals surface area contributed by atoms with Crippen molar-refractivity contribution in [2.45, 2.75) is 18.9 Å². The lowest BCUT2D eigenvalue weighted by atomic mass is 10.1. The van der Waals surface area contributed by atoms with Crippen molar-refractivity contribution in [1.82, 2.24) is 10.6 Å². The maximum Gasteiger partial charge on any atom is 0.314 e. The summed E-state index contributed by atoms with van der Waals surface area (Å²) in [5, 5.41) is 5.52. The lowest BCUT2D eigenvalue weighted by molar-refractivity contribution is 0.213. The fourth-order valence-electron chi connectivity index (χ4n) is 2.91. The summed E-state index contributed by atoms with van der Waals surface area (Å²) in [6, 6.07) is 7.58. The number of hydrogen-bond donors (Lipinski definition) is 2. The highest BCUT2D eigenvalue weighted by Gasteiger charge is 2.28. The number of para-hydroxylation sites is 1. The lowest BCUT2D eigenvalue weighted by Gasteiger charge is -2.14. The minimum Gasteiger partial charge on any atom is -0.488 e. The molecule has 0 aliphatic carbocycles. The largest absolute Gasteiger partial charge is 0.488 e. The minimum absolute atomic E-state index is 0.0303. The zero-order valence-electron chi connectivity index (χ0n) is 12.2. The number of carbonyl (C=O) groups is 1. The molecule has 0 spiro atoms. The highest BCUT2D eigenvalue weighted by molar-refractivity contribution is 7.91. The van der Waals surface area contributed by atoms with Crippen LogP contribution >= 0.6 is 0 Å². The van der Waals surface area contributed by atoms with Gasteiger partial charge in [-0.25, -0.2) is 13.2 Å². The average Bonchev–Trinajstić information content (AvgIpc) is 3.05. The van der Waals surface area contributed by atoms with Crippen LogP contribution in [-0.4, -0.2) is 45.1 Å². The molecule has 2 aliphatic rings. The van der Waals surface area contributed by atoms with Crippen molar-refractivity contribution in [3.05, 3.63) is 29.8 Å². The third-order valence-corrected chi connectivity index (χ3v) is 5.92. The number of amides is 2. The molecule has 22 heavy (non-hydrogen) atoms. The normalized spacial score (nSPS) is 25.3. The number of carbonyl (C=O) groups excluding carboxylic acids is 1. The smallest absolute Gasteiger partial charge is 0.314 e. The van der Waals surface area contributed by atoms with E-state index in [1.54, 1.807) is 0 Å². The fourth-order valence-corrected chi connectivity index (χ4v) is 4.77. The van der Waals surface area contributed by atoms with Crippen LogP contribution in [0.4, 0.5) is 4.79 Å².